The number of carbonyl (C=O) groups is 1. The quantitative estimate of drug-likeness (QED) is 0.830. The van der Waals surface area contributed by atoms with Crippen LogP contribution < -0.4 is 10.6 Å². The van der Waals surface area contributed by atoms with Gasteiger partial charge in [-0.25, -0.2) is 0 Å². The maximum Gasteiger partial charge on any atom is 0.220 e. The molecule has 1 saturated carbocycles. The first kappa shape index (κ1) is 15.8. The first-order chi connectivity index (χ1) is 8.05. The summed E-state index contributed by atoms with van der Waals surface area (Å²) in [6, 6.07) is 0.435. The molecule has 2 aliphatic rings. The van der Waals surface area contributed by atoms with Crippen LogP contribution >= 0.6 is 12.4 Å². The number of carbonyl (C=O) groups excluding carboxylic acids is 1. The zero-order valence-corrected chi connectivity index (χ0v) is 12.4. The predicted molar refractivity (Wildman–Crippen MR) is 77.0 cm³/mol. The molecule has 1 atom stereocenters. The smallest absolute Gasteiger partial charge is 0.220 e. The standard InChI is InChI=1S/C14H26N2O.ClH/c1-14(2)6-3-12(4-7-14)16-13(17)9-11-5-8-15-10-11;/h11-12,15H,3-10H2,1-2H3,(H,16,17);1H. The summed E-state index contributed by atoms with van der Waals surface area (Å²) in [5.41, 5.74) is 0.483. The van der Waals surface area contributed by atoms with Gasteiger partial charge in [0.2, 0.25) is 5.91 Å². The Morgan fingerprint density at radius 3 is 2.50 bits per heavy atom. The summed E-state index contributed by atoms with van der Waals surface area (Å²) >= 11 is 0. The zero-order chi connectivity index (χ0) is 12.3. The lowest BCUT2D eigenvalue weighted by Gasteiger charge is -2.34. The van der Waals surface area contributed by atoms with E-state index in [-0.39, 0.29) is 18.3 Å². The van der Waals surface area contributed by atoms with Gasteiger partial charge < -0.3 is 10.6 Å². The van der Waals surface area contributed by atoms with E-state index in [1.807, 2.05) is 0 Å². The molecule has 1 saturated heterocycles. The van der Waals surface area contributed by atoms with Gasteiger partial charge in [0.15, 0.2) is 0 Å². The third-order valence-electron chi connectivity index (χ3n) is 4.34. The summed E-state index contributed by atoms with van der Waals surface area (Å²) in [6.07, 6.45) is 6.66. The third-order valence-corrected chi connectivity index (χ3v) is 4.34. The molecule has 18 heavy (non-hydrogen) atoms. The molecule has 1 unspecified atom stereocenters. The average Bonchev–Trinajstić information content (AvgIpc) is 2.74. The maximum atomic E-state index is 11.9. The molecule has 0 aromatic rings. The van der Waals surface area contributed by atoms with E-state index >= 15 is 0 Å². The highest BCUT2D eigenvalue weighted by atomic mass is 35.5. The Bertz CT molecular complexity index is 265. The van der Waals surface area contributed by atoms with Crippen LogP contribution in [0.5, 0.6) is 0 Å². The molecule has 0 radical (unpaired) electrons. The third kappa shape index (κ3) is 4.77. The Balaban J connectivity index is 0.00000162. The molecular formula is C14H27ClN2O. The van der Waals surface area contributed by atoms with Crippen molar-refractivity contribution in [2.75, 3.05) is 13.1 Å². The Morgan fingerprint density at radius 2 is 1.94 bits per heavy atom. The average molecular weight is 275 g/mol. The Labute approximate surface area is 117 Å². The number of hydrogen-bond acceptors (Lipinski definition) is 2. The summed E-state index contributed by atoms with van der Waals surface area (Å²) in [6.45, 7) is 6.76. The molecule has 1 heterocycles. The number of hydrogen-bond donors (Lipinski definition) is 2. The summed E-state index contributed by atoms with van der Waals surface area (Å²) in [7, 11) is 0. The van der Waals surface area contributed by atoms with Crippen molar-refractivity contribution < 1.29 is 4.79 Å². The second-order valence-corrected chi connectivity index (χ2v) is 6.57. The van der Waals surface area contributed by atoms with E-state index in [4.69, 9.17) is 0 Å². The highest BCUT2D eigenvalue weighted by Crippen LogP contribution is 2.35. The van der Waals surface area contributed by atoms with Crippen LogP contribution in [0.4, 0.5) is 0 Å². The van der Waals surface area contributed by atoms with Gasteiger partial charge in [-0.1, -0.05) is 13.8 Å². The largest absolute Gasteiger partial charge is 0.353 e. The molecule has 3 nitrogen and oxygen atoms in total. The van der Waals surface area contributed by atoms with Crippen molar-refractivity contribution in [3.8, 4) is 0 Å². The lowest BCUT2D eigenvalue weighted by atomic mass is 9.75. The van der Waals surface area contributed by atoms with Crippen LogP contribution in [0.3, 0.4) is 0 Å². The van der Waals surface area contributed by atoms with E-state index < -0.39 is 0 Å². The van der Waals surface area contributed by atoms with Gasteiger partial charge in [0.05, 0.1) is 0 Å². The minimum absolute atomic E-state index is 0. The molecule has 2 rings (SSSR count). The van der Waals surface area contributed by atoms with Crippen LogP contribution in [0.1, 0.15) is 52.4 Å². The van der Waals surface area contributed by atoms with Gasteiger partial charge in [-0.2, -0.15) is 0 Å². The lowest BCUT2D eigenvalue weighted by molar-refractivity contribution is -0.123. The van der Waals surface area contributed by atoms with Crippen molar-refractivity contribution in [3.63, 3.8) is 0 Å². The number of amides is 1. The number of nitrogens with one attached hydrogen (secondary N) is 2. The molecular weight excluding hydrogens is 248 g/mol. The van der Waals surface area contributed by atoms with Crippen LogP contribution in [0.15, 0.2) is 0 Å². The molecule has 0 aromatic heterocycles. The molecule has 1 amide bonds. The number of halogens is 1. The summed E-state index contributed by atoms with van der Waals surface area (Å²) < 4.78 is 0. The molecule has 106 valence electrons. The second kappa shape index (κ2) is 6.76. The summed E-state index contributed by atoms with van der Waals surface area (Å²) in [4.78, 5) is 11.9. The Hall–Kier alpha value is -0.280. The molecule has 0 aromatic carbocycles. The van der Waals surface area contributed by atoms with E-state index in [0.29, 0.717) is 23.8 Å². The molecule has 1 aliphatic heterocycles. The highest BCUT2D eigenvalue weighted by Gasteiger charge is 2.28. The molecule has 2 N–H and O–H groups in total. The minimum atomic E-state index is 0. The van der Waals surface area contributed by atoms with Gasteiger partial charge in [0.25, 0.3) is 0 Å². The fraction of sp³-hybridized carbons (Fsp3) is 0.929. The van der Waals surface area contributed by atoms with E-state index in [0.717, 1.165) is 32.4 Å². The van der Waals surface area contributed by atoms with Gasteiger partial charge in [0, 0.05) is 12.5 Å². The van der Waals surface area contributed by atoms with E-state index in [1.165, 1.54) is 12.8 Å². The molecule has 4 heteroatoms. The highest BCUT2D eigenvalue weighted by molar-refractivity contribution is 5.85. The molecule has 0 spiro atoms. The van der Waals surface area contributed by atoms with Gasteiger partial charge >= 0.3 is 0 Å². The maximum absolute atomic E-state index is 11.9. The van der Waals surface area contributed by atoms with E-state index in [9.17, 15) is 4.79 Å². The Kier molecular flexibility index (Phi) is 5.93. The fourth-order valence-corrected chi connectivity index (χ4v) is 2.98. The molecule has 1 aliphatic carbocycles. The first-order valence-corrected chi connectivity index (χ1v) is 7.05. The van der Waals surface area contributed by atoms with Gasteiger partial charge in [0.1, 0.15) is 0 Å². The summed E-state index contributed by atoms with van der Waals surface area (Å²) in [5, 5.41) is 6.53. The monoisotopic (exact) mass is 274 g/mol. The molecule has 2 fully saturated rings. The normalized spacial score (nSPS) is 27.6. The SMILES string of the molecule is CC1(C)CCC(NC(=O)CC2CCNC2)CC1.Cl. The van der Waals surface area contributed by atoms with Crippen molar-refractivity contribution >= 4 is 18.3 Å². The molecule has 0 bridgehead atoms. The van der Waals surface area contributed by atoms with Gasteiger partial charge in [-0.05, 0) is 56.5 Å². The van der Waals surface area contributed by atoms with Crippen molar-refractivity contribution in [3.05, 3.63) is 0 Å². The van der Waals surface area contributed by atoms with Crippen molar-refractivity contribution in [1.82, 2.24) is 10.6 Å². The predicted octanol–water partition coefficient (Wildman–Crippen LogP) is 2.49. The second-order valence-electron chi connectivity index (χ2n) is 6.57. The lowest BCUT2D eigenvalue weighted by Crippen LogP contribution is -2.40. The van der Waals surface area contributed by atoms with Crippen molar-refractivity contribution in [1.29, 1.82) is 0 Å². The van der Waals surface area contributed by atoms with Gasteiger partial charge in [-0.3, -0.25) is 4.79 Å². The summed E-state index contributed by atoms with van der Waals surface area (Å²) in [5.74, 6) is 0.832. The van der Waals surface area contributed by atoms with Crippen LogP contribution in [-0.2, 0) is 4.79 Å². The van der Waals surface area contributed by atoms with E-state index in [2.05, 4.69) is 24.5 Å². The van der Waals surface area contributed by atoms with Crippen LogP contribution in [0.2, 0.25) is 0 Å². The minimum Gasteiger partial charge on any atom is -0.353 e. The van der Waals surface area contributed by atoms with Crippen LogP contribution in [-0.4, -0.2) is 25.0 Å². The fourth-order valence-electron chi connectivity index (χ4n) is 2.98. The first-order valence-electron chi connectivity index (χ1n) is 7.05. The van der Waals surface area contributed by atoms with Crippen molar-refractivity contribution in [2.24, 2.45) is 11.3 Å². The topological polar surface area (TPSA) is 41.1 Å². The Morgan fingerprint density at radius 1 is 1.28 bits per heavy atom. The zero-order valence-electron chi connectivity index (χ0n) is 11.6. The number of rotatable bonds is 3. The van der Waals surface area contributed by atoms with Crippen LogP contribution in [0.25, 0.3) is 0 Å². The van der Waals surface area contributed by atoms with Crippen molar-refractivity contribution in [2.45, 2.75) is 58.4 Å². The van der Waals surface area contributed by atoms with Gasteiger partial charge in [-0.15, -0.1) is 12.4 Å². The van der Waals surface area contributed by atoms with Crippen LogP contribution in [0, 0.1) is 11.3 Å². The van der Waals surface area contributed by atoms with E-state index in [1.54, 1.807) is 0 Å².